The average Bonchev–Trinajstić information content (AvgIpc) is 2.41. The highest BCUT2D eigenvalue weighted by Crippen LogP contribution is 2.18. The van der Waals surface area contributed by atoms with E-state index in [1.807, 2.05) is 18.2 Å². The van der Waals surface area contributed by atoms with Crippen molar-refractivity contribution in [3.63, 3.8) is 0 Å². The van der Waals surface area contributed by atoms with Crippen molar-refractivity contribution in [2.75, 3.05) is 7.05 Å². The van der Waals surface area contributed by atoms with Crippen LogP contribution in [0.4, 0.5) is 0 Å². The van der Waals surface area contributed by atoms with Crippen molar-refractivity contribution in [3.05, 3.63) is 64.7 Å². The van der Waals surface area contributed by atoms with Gasteiger partial charge in [0.2, 0.25) is 0 Å². The molecule has 0 aliphatic rings. The van der Waals surface area contributed by atoms with E-state index in [1.165, 1.54) is 12.1 Å². The van der Waals surface area contributed by atoms with E-state index < -0.39 is 0 Å². The topological polar surface area (TPSA) is 40.5 Å². The average molecular weight is 276 g/mol. The first-order chi connectivity index (χ1) is 9.08. The van der Waals surface area contributed by atoms with Crippen molar-refractivity contribution in [1.82, 2.24) is 4.90 Å². The minimum absolute atomic E-state index is 0.111. The smallest absolute Gasteiger partial charge is 0.253 e. The summed E-state index contributed by atoms with van der Waals surface area (Å²) < 4.78 is 0. The Morgan fingerprint density at radius 1 is 1.16 bits per heavy atom. The van der Waals surface area contributed by atoms with Gasteiger partial charge in [-0.15, -0.1) is 0 Å². The molecule has 0 unspecified atom stereocenters. The van der Waals surface area contributed by atoms with Gasteiger partial charge in [0.15, 0.2) is 0 Å². The summed E-state index contributed by atoms with van der Waals surface area (Å²) >= 11 is 6.07. The Kier molecular flexibility index (Phi) is 4.07. The van der Waals surface area contributed by atoms with Crippen LogP contribution >= 0.6 is 11.6 Å². The van der Waals surface area contributed by atoms with Crippen molar-refractivity contribution in [1.29, 1.82) is 0 Å². The molecule has 0 aliphatic carbocycles. The zero-order valence-electron chi connectivity index (χ0n) is 10.5. The predicted molar refractivity (Wildman–Crippen MR) is 75.4 cm³/mol. The fourth-order valence-electron chi connectivity index (χ4n) is 1.78. The normalized spacial score (nSPS) is 10.2. The minimum atomic E-state index is -0.111. The fourth-order valence-corrected chi connectivity index (χ4v) is 1.97. The van der Waals surface area contributed by atoms with Crippen LogP contribution in [0.15, 0.2) is 48.5 Å². The highest BCUT2D eigenvalue weighted by Gasteiger charge is 2.13. The largest absolute Gasteiger partial charge is 0.508 e. The van der Waals surface area contributed by atoms with Crippen LogP contribution in [0, 0.1) is 0 Å². The van der Waals surface area contributed by atoms with Crippen molar-refractivity contribution >= 4 is 17.5 Å². The molecular weight excluding hydrogens is 262 g/mol. The van der Waals surface area contributed by atoms with Gasteiger partial charge >= 0.3 is 0 Å². The molecule has 2 aromatic carbocycles. The van der Waals surface area contributed by atoms with E-state index in [9.17, 15) is 9.90 Å². The molecule has 1 amide bonds. The van der Waals surface area contributed by atoms with Gasteiger partial charge in [-0.05, 0) is 35.9 Å². The second-order valence-electron chi connectivity index (χ2n) is 4.30. The Morgan fingerprint density at radius 2 is 1.79 bits per heavy atom. The SMILES string of the molecule is CN(Cc1ccccc1Cl)C(=O)c1ccc(O)cc1. The zero-order valence-corrected chi connectivity index (χ0v) is 11.3. The van der Waals surface area contributed by atoms with Crippen LogP contribution < -0.4 is 0 Å². The lowest BCUT2D eigenvalue weighted by atomic mass is 10.1. The first kappa shape index (κ1) is 13.4. The molecule has 0 heterocycles. The monoisotopic (exact) mass is 275 g/mol. The third-order valence-corrected chi connectivity index (χ3v) is 3.20. The number of aromatic hydroxyl groups is 1. The number of benzene rings is 2. The van der Waals surface area contributed by atoms with E-state index in [0.717, 1.165) is 5.56 Å². The van der Waals surface area contributed by atoms with E-state index in [0.29, 0.717) is 17.1 Å². The van der Waals surface area contributed by atoms with Crippen LogP contribution in [0.25, 0.3) is 0 Å². The van der Waals surface area contributed by atoms with Gasteiger partial charge in [0.25, 0.3) is 5.91 Å². The van der Waals surface area contributed by atoms with Gasteiger partial charge < -0.3 is 10.0 Å². The maximum absolute atomic E-state index is 12.2. The molecule has 0 saturated heterocycles. The molecule has 0 fully saturated rings. The molecule has 98 valence electrons. The highest BCUT2D eigenvalue weighted by atomic mass is 35.5. The number of carbonyl (C=O) groups is 1. The van der Waals surface area contributed by atoms with Crippen LogP contribution in [0.1, 0.15) is 15.9 Å². The second-order valence-corrected chi connectivity index (χ2v) is 4.71. The molecule has 3 nitrogen and oxygen atoms in total. The number of hydrogen-bond acceptors (Lipinski definition) is 2. The molecule has 0 saturated carbocycles. The van der Waals surface area contributed by atoms with Crippen molar-refractivity contribution < 1.29 is 9.90 Å². The molecule has 0 spiro atoms. The molecule has 19 heavy (non-hydrogen) atoms. The van der Waals surface area contributed by atoms with Crippen molar-refractivity contribution in [2.45, 2.75) is 6.54 Å². The van der Waals surface area contributed by atoms with Crippen LogP contribution in [0.5, 0.6) is 5.75 Å². The quantitative estimate of drug-likeness (QED) is 0.933. The lowest BCUT2D eigenvalue weighted by Gasteiger charge is -2.18. The zero-order chi connectivity index (χ0) is 13.8. The van der Waals surface area contributed by atoms with Crippen LogP contribution in [0.2, 0.25) is 5.02 Å². The predicted octanol–water partition coefficient (Wildman–Crippen LogP) is 3.32. The van der Waals surface area contributed by atoms with Crippen LogP contribution in [-0.2, 0) is 6.54 Å². The number of carbonyl (C=O) groups excluding carboxylic acids is 1. The van der Waals surface area contributed by atoms with Crippen LogP contribution in [-0.4, -0.2) is 23.0 Å². The minimum Gasteiger partial charge on any atom is -0.508 e. The highest BCUT2D eigenvalue weighted by molar-refractivity contribution is 6.31. The number of rotatable bonds is 3. The maximum Gasteiger partial charge on any atom is 0.253 e. The molecule has 0 atom stereocenters. The maximum atomic E-state index is 12.2. The van der Waals surface area contributed by atoms with E-state index >= 15 is 0 Å². The van der Waals surface area contributed by atoms with Gasteiger partial charge in [0.05, 0.1) is 0 Å². The number of halogens is 1. The molecule has 0 aliphatic heterocycles. The number of phenols is 1. The van der Waals surface area contributed by atoms with Gasteiger partial charge in [-0.1, -0.05) is 29.8 Å². The molecule has 2 aromatic rings. The van der Waals surface area contributed by atoms with E-state index in [2.05, 4.69) is 0 Å². The summed E-state index contributed by atoms with van der Waals surface area (Å²) in [5.74, 6) is 0.0326. The fraction of sp³-hybridized carbons (Fsp3) is 0.133. The lowest BCUT2D eigenvalue weighted by Crippen LogP contribution is -2.26. The summed E-state index contributed by atoms with van der Waals surface area (Å²) in [7, 11) is 1.72. The number of hydrogen-bond donors (Lipinski definition) is 1. The Balaban J connectivity index is 2.12. The number of amides is 1. The first-order valence-corrected chi connectivity index (χ1v) is 6.23. The van der Waals surface area contributed by atoms with Crippen molar-refractivity contribution in [3.8, 4) is 5.75 Å². The third-order valence-electron chi connectivity index (χ3n) is 2.83. The van der Waals surface area contributed by atoms with E-state index in [4.69, 9.17) is 11.6 Å². The summed E-state index contributed by atoms with van der Waals surface area (Å²) in [6.07, 6.45) is 0. The Hall–Kier alpha value is -2.00. The Labute approximate surface area is 117 Å². The lowest BCUT2D eigenvalue weighted by molar-refractivity contribution is 0.0785. The van der Waals surface area contributed by atoms with Gasteiger partial charge in [-0.3, -0.25) is 4.79 Å². The molecule has 4 heteroatoms. The Morgan fingerprint density at radius 3 is 2.42 bits per heavy atom. The van der Waals surface area contributed by atoms with Gasteiger partial charge in [0, 0.05) is 24.2 Å². The first-order valence-electron chi connectivity index (χ1n) is 5.86. The summed E-state index contributed by atoms with van der Waals surface area (Å²) in [5.41, 5.74) is 1.44. The van der Waals surface area contributed by atoms with Crippen LogP contribution in [0.3, 0.4) is 0 Å². The van der Waals surface area contributed by atoms with Gasteiger partial charge in [-0.2, -0.15) is 0 Å². The molecule has 0 aromatic heterocycles. The third kappa shape index (κ3) is 3.26. The van der Waals surface area contributed by atoms with E-state index in [1.54, 1.807) is 30.1 Å². The second kappa shape index (κ2) is 5.76. The number of nitrogens with zero attached hydrogens (tertiary/aromatic N) is 1. The van der Waals surface area contributed by atoms with Crippen molar-refractivity contribution in [2.24, 2.45) is 0 Å². The molecule has 0 bridgehead atoms. The summed E-state index contributed by atoms with van der Waals surface area (Å²) in [4.78, 5) is 13.8. The Bertz CT molecular complexity index is 581. The molecule has 1 N–H and O–H groups in total. The number of phenolic OH excluding ortho intramolecular Hbond substituents is 1. The molecule has 0 radical (unpaired) electrons. The molecular formula is C15H14ClNO2. The van der Waals surface area contributed by atoms with E-state index in [-0.39, 0.29) is 11.7 Å². The molecule has 2 rings (SSSR count). The standard InChI is InChI=1S/C15H14ClNO2/c1-17(10-12-4-2-3-5-14(12)16)15(19)11-6-8-13(18)9-7-11/h2-9,18H,10H2,1H3. The van der Waals surface area contributed by atoms with Gasteiger partial charge in [-0.25, -0.2) is 0 Å². The summed E-state index contributed by atoms with van der Waals surface area (Å²) in [6.45, 7) is 0.444. The summed E-state index contributed by atoms with van der Waals surface area (Å²) in [6, 6.07) is 13.6. The van der Waals surface area contributed by atoms with Gasteiger partial charge in [0.1, 0.15) is 5.75 Å². The summed E-state index contributed by atoms with van der Waals surface area (Å²) in [5, 5.41) is 9.85.